The number of carboxylic acids is 1. The van der Waals surface area contributed by atoms with E-state index in [0.717, 1.165) is 0 Å². The van der Waals surface area contributed by atoms with Crippen LogP contribution in [0.1, 0.15) is 20.7 Å². The second-order valence-corrected chi connectivity index (χ2v) is 10.6. The number of halogens is 6. The van der Waals surface area contributed by atoms with Gasteiger partial charge in [0.2, 0.25) is 0 Å². The Bertz CT molecular complexity index is 954. The summed E-state index contributed by atoms with van der Waals surface area (Å²) in [7, 11) is -5.77. The highest BCUT2D eigenvalue weighted by molar-refractivity contribution is 14.1. The molecule has 0 fully saturated rings. The van der Waals surface area contributed by atoms with Crippen molar-refractivity contribution in [3.8, 4) is 0 Å². The number of aromatic carboxylic acids is 1. The molecule has 156 valence electrons. The lowest BCUT2D eigenvalue weighted by Crippen LogP contribution is -2.37. The molecule has 9 nitrogen and oxygen atoms in total. The van der Waals surface area contributed by atoms with Crippen LogP contribution in [0.15, 0.2) is 0 Å². The second-order valence-electron chi connectivity index (χ2n) is 4.77. The first-order chi connectivity index (χ1) is 12.6. The molecule has 16 heteroatoms. The van der Waals surface area contributed by atoms with Crippen molar-refractivity contribution >= 4 is 118 Å². The molecule has 0 atom stereocenters. The van der Waals surface area contributed by atoms with Gasteiger partial charge in [-0.3, -0.25) is 14.1 Å². The molecule has 0 saturated carbocycles. The summed E-state index contributed by atoms with van der Waals surface area (Å²) in [5.74, 6) is -3.76. The van der Waals surface area contributed by atoms with Gasteiger partial charge in [0.25, 0.3) is 5.91 Å². The standard InChI is InChI=1S/C12H7F2I4NO8S/c13-12(14,28(24,25)26)2-27-3(20)1-19-10(21)4-5(11(22)23)7(16)9(18)8(17)6(4)15/h1-2H2,(H,19,21)(H,22,23)(H,24,25,26). The van der Waals surface area contributed by atoms with E-state index in [0.29, 0.717) is 14.3 Å². The number of hydrogen-bond acceptors (Lipinski definition) is 6. The van der Waals surface area contributed by atoms with E-state index in [1.807, 2.05) is 50.5 Å². The Morgan fingerprint density at radius 3 is 1.89 bits per heavy atom. The zero-order valence-electron chi connectivity index (χ0n) is 12.9. The van der Waals surface area contributed by atoms with Crippen LogP contribution in [-0.2, 0) is 19.6 Å². The van der Waals surface area contributed by atoms with Gasteiger partial charge in [0.15, 0.2) is 6.61 Å². The summed E-state index contributed by atoms with van der Waals surface area (Å²) in [5.41, 5.74) is -0.517. The maximum absolute atomic E-state index is 13.0. The molecule has 0 unspecified atom stereocenters. The molecule has 0 aliphatic heterocycles. The second kappa shape index (κ2) is 10.1. The number of carboxylic acid groups (broad SMARTS) is 1. The first kappa shape index (κ1) is 26.4. The molecule has 0 saturated heterocycles. The Kier molecular flexibility index (Phi) is 9.49. The van der Waals surface area contributed by atoms with Crippen molar-refractivity contribution in [1.82, 2.24) is 5.32 Å². The minimum atomic E-state index is -5.77. The number of hydrogen-bond donors (Lipinski definition) is 3. The molecule has 0 aromatic heterocycles. The maximum atomic E-state index is 13.0. The van der Waals surface area contributed by atoms with Crippen LogP contribution < -0.4 is 5.32 Å². The van der Waals surface area contributed by atoms with Gasteiger partial charge in [0.05, 0.1) is 11.1 Å². The summed E-state index contributed by atoms with van der Waals surface area (Å²) in [6, 6.07) is 0. The van der Waals surface area contributed by atoms with Crippen LogP contribution >= 0.6 is 90.4 Å². The van der Waals surface area contributed by atoms with Crippen molar-refractivity contribution in [2.75, 3.05) is 13.2 Å². The monoisotopic (exact) mass is 871 g/mol. The molecule has 0 heterocycles. The fourth-order valence-corrected chi connectivity index (χ4v) is 5.45. The highest BCUT2D eigenvalue weighted by atomic mass is 127. The van der Waals surface area contributed by atoms with E-state index in [1.165, 1.54) is 0 Å². The van der Waals surface area contributed by atoms with Crippen molar-refractivity contribution in [2.45, 2.75) is 5.25 Å². The molecule has 1 amide bonds. The zero-order valence-corrected chi connectivity index (χ0v) is 22.4. The molecular weight excluding hydrogens is 864 g/mol. The smallest absolute Gasteiger partial charge is 0.402 e. The minimum Gasteiger partial charge on any atom is -0.478 e. The van der Waals surface area contributed by atoms with E-state index in [1.54, 1.807) is 45.2 Å². The fraction of sp³-hybridized carbons (Fsp3) is 0.250. The third kappa shape index (κ3) is 6.16. The molecule has 28 heavy (non-hydrogen) atoms. The zero-order chi connectivity index (χ0) is 22.0. The molecule has 0 aliphatic carbocycles. The number of benzene rings is 1. The lowest BCUT2D eigenvalue weighted by atomic mass is 10.1. The first-order valence-corrected chi connectivity index (χ1v) is 12.2. The predicted octanol–water partition coefficient (Wildman–Crippen LogP) is 2.56. The molecule has 0 spiro atoms. The van der Waals surface area contributed by atoms with Gasteiger partial charge < -0.3 is 15.2 Å². The van der Waals surface area contributed by atoms with E-state index in [-0.39, 0.29) is 11.1 Å². The van der Waals surface area contributed by atoms with Crippen LogP contribution in [0.25, 0.3) is 0 Å². The summed E-state index contributed by atoms with van der Waals surface area (Å²) in [4.78, 5) is 35.4. The van der Waals surface area contributed by atoms with Gasteiger partial charge in [-0.15, -0.1) is 0 Å². The largest absolute Gasteiger partial charge is 0.478 e. The van der Waals surface area contributed by atoms with E-state index in [2.05, 4.69) is 4.74 Å². The molecule has 0 bridgehead atoms. The van der Waals surface area contributed by atoms with Gasteiger partial charge in [0, 0.05) is 14.3 Å². The van der Waals surface area contributed by atoms with Crippen molar-refractivity contribution < 1.29 is 46.0 Å². The molecule has 0 radical (unpaired) electrons. The molecule has 1 aromatic rings. The van der Waals surface area contributed by atoms with Crippen LogP contribution in [0.4, 0.5) is 8.78 Å². The van der Waals surface area contributed by atoms with E-state index in [9.17, 15) is 36.7 Å². The highest BCUT2D eigenvalue weighted by Gasteiger charge is 2.45. The lowest BCUT2D eigenvalue weighted by molar-refractivity contribution is -0.148. The third-order valence-corrected chi connectivity index (χ3v) is 11.2. The Morgan fingerprint density at radius 2 is 1.46 bits per heavy atom. The van der Waals surface area contributed by atoms with Crippen molar-refractivity contribution in [3.05, 3.63) is 25.4 Å². The lowest BCUT2D eigenvalue weighted by Gasteiger charge is -2.15. The number of carbonyl (C=O) groups excluding carboxylic acids is 2. The Balaban J connectivity index is 2.98. The minimum absolute atomic E-state index is 0.224. The van der Waals surface area contributed by atoms with Crippen LogP contribution in [0.2, 0.25) is 0 Å². The number of rotatable bonds is 7. The van der Waals surface area contributed by atoms with Gasteiger partial charge in [-0.25, -0.2) is 4.79 Å². The molecule has 0 aliphatic rings. The molecule has 1 aromatic carbocycles. The maximum Gasteiger partial charge on any atom is 0.402 e. The fourth-order valence-electron chi connectivity index (χ4n) is 1.58. The number of amides is 1. The molecular formula is C12H7F2I4NO8S. The number of alkyl halides is 2. The van der Waals surface area contributed by atoms with E-state index < -0.39 is 46.4 Å². The number of carbonyl (C=O) groups is 3. The van der Waals surface area contributed by atoms with Crippen molar-refractivity contribution in [2.24, 2.45) is 0 Å². The summed E-state index contributed by atoms with van der Waals surface area (Å²) < 4.78 is 61.1. The SMILES string of the molecule is O=C(CNC(=O)c1c(I)c(I)c(I)c(I)c1C(=O)O)OCC(F)(F)S(=O)(=O)O. The van der Waals surface area contributed by atoms with Crippen LogP contribution in [0, 0.1) is 14.3 Å². The highest BCUT2D eigenvalue weighted by Crippen LogP contribution is 2.33. The third-order valence-electron chi connectivity index (χ3n) is 2.88. The average Bonchev–Trinajstić information content (AvgIpc) is 2.57. The van der Waals surface area contributed by atoms with Gasteiger partial charge >= 0.3 is 27.3 Å². The molecule has 1 rings (SSSR count). The van der Waals surface area contributed by atoms with E-state index in [4.69, 9.17) is 4.55 Å². The summed E-state index contributed by atoms with van der Waals surface area (Å²) >= 11 is 7.36. The number of nitrogens with one attached hydrogen (secondary N) is 1. The normalized spacial score (nSPS) is 11.8. The number of ether oxygens (including phenoxy) is 1. The Labute approximate surface area is 211 Å². The topological polar surface area (TPSA) is 147 Å². The van der Waals surface area contributed by atoms with Gasteiger partial charge in [-0.1, -0.05) is 0 Å². The Morgan fingerprint density at radius 1 is 1.00 bits per heavy atom. The number of esters is 1. The average molecular weight is 871 g/mol. The van der Waals surface area contributed by atoms with E-state index >= 15 is 0 Å². The van der Waals surface area contributed by atoms with Gasteiger partial charge in [0.1, 0.15) is 6.54 Å². The first-order valence-electron chi connectivity index (χ1n) is 6.49. The van der Waals surface area contributed by atoms with Crippen LogP contribution in [0.3, 0.4) is 0 Å². The predicted molar refractivity (Wildman–Crippen MR) is 124 cm³/mol. The quantitative estimate of drug-likeness (QED) is 0.125. The van der Waals surface area contributed by atoms with Crippen LogP contribution in [-0.4, -0.2) is 54.3 Å². The van der Waals surface area contributed by atoms with Crippen LogP contribution in [0.5, 0.6) is 0 Å². The summed E-state index contributed by atoms with van der Waals surface area (Å²) in [6.45, 7) is -2.88. The summed E-state index contributed by atoms with van der Waals surface area (Å²) in [6.07, 6.45) is 0. The van der Waals surface area contributed by atoms with Gasteiger partial charge in [-0.2, -0.15) is 17.2 Å². The van der Waals surface area contributed by atoms with Gasteiger partial charge in [-0.05, 0) is 90.4 Å². The molecule has 3 N–H and O–H groups in total. The van der Waals surface area contributed by atoms with Crippen molar-refractivity contribution in [3.63, 3.8) is 0 Å². The Hall–Kier alpha value is 0.320. The summed E-state index contributed by atoms with van der Waals surface area (Å²) in [5, 5.41) is 6.74. The van der Waals surface area contributed by atoms with Crippen molar-refractivity contribution in [1.29, 1.82) is 0 Å².